The van der Waals surface area contributed by atoms with Crippen molar-refractivity contribution in [1.29, 1.82) is 0 Å². The van der Waals surface area contributed by atoms with Crippen molar-refractivity contribution in [2.45, 2.75) is 17.7 Å². The smallest absolute Gasteiger partial charge is 0.252 e. The molecule has 0 radical (unpaired) electrons. The van der Waals surface area contributed by atoms with Crippen LogP contribution in [0.1, 0.15) is 5.56 Å². The first-order chi connectivity index (χ1) is 15.2. The number of fused-ring (bicyclic) bond motifs is 1. The highest BCUT2D eigenvalue weighted by atomic mass is 35.5. The molecule has 2 aromatic carbocycles. The van der Waals surface area contributed by atoms with Crippen LogP contribution in [0.3, 0.4) is 0 Å². The maximum atomic E-state index is 13.1. The predicted molar refractivity (Wildman–Crippen MR) is 123 cm³/mol. The second-order valence-corrected chi connectivity index (χ2v) is 11.2. The fraction of sp³-hybridized carbons (Fsp3) is 0.333. The van der Waals surface area contributed by atoms with E-state index in [0.29, 0.717) is 32.9 Å². The predicted octanol–water partition coefficient (Wildman–Crippen LogP) is 3.34. The van der Waals surface area contributed by atoms with Gasteiger partial charge in [-0.15, -0.1) is 0 Å². The molecule has 0 bridgehead atoms. The molecule has 2 aliphatic rings. The summed E-state index contributed by atoms with van der Waals surface area (Å²) in [5.74, 6) is -0.0668. The quantitative estimate of drug-likeness (QED) is 0.625. The Morgan fingerprint density at radius 2 is 1.88 bits per heavy atom. The van der Waals surface area contributed by atoms with Crippen LogP contribution >= 0.6 is 23.4 Å². The Hall–Kier alpha value is -2.30. The Morgan fingerprint density at radius 3 is 2.53 bits per heavy atom. The van der Waals surface area contributed by atoms with Gasteiger partial charge in [0.1, 0.15) is 17.3 Å². The average molecular weight is 499 g/mol. The molecule has 2 unspecified atom stereocenters. The van der Waals surface area contributed by atoms with Crippen LogP contribution in [0.25, 0.3) is 0 Å². The molecule has 2 saturated heterocycles. The van der Waals surface area contributed by atoms with Gasteiger partial charge in [-0.3, -0.25) is 4.79 Å². The fourth-order valence-electron chi connectivity index (χ4n) is 3.80. The van der Waals surface area contributed by atoms with E-state index in [2.05, 4.69) is 4.99 Å². The topological polar surface area (TPSA) is 85.3 Å². The molecule has 1 amide bonds. The number of amidine groups is 1. The average Bonchev–Trinajstić information content (AvgIpc) is 3.20. The first-order valence-electron chi connectivity index (χ1n) is 9.64. The second kappa shape index (κ2) is 8.92. The number of carbonyl (C=O) groups is 1. The van der Waals surface area contributed by atoms with E-state index in [-0.39, 0.29) is 29.0 Å². The van der Waals surface area contributed by atoms with Crippen molar-refractivity contribution >= 4 is 50.0 Å². The highest BCUT2D eigenvalue weighted by Gasteiger charge is 2.50. The SMILES string of the molecule is COc1cc(OC)c(N2C(=NC(=O)Cc3ccc(F)cc3)SC3CS(=O)(=O)CC32)cc1Cl. The van der Waals surface area contributed by atoms with E-state index in [1.54, 1.807) is 17.0 Å². The Labute approximate surface area is 194 Å². The molecule has 0 saturated carbocycles. The summed E-state index contributed by atoms with van der Waals surface area (Å²) < 4.78 is 48.5. The third kappa shape index (κ3) is 4.57. The summed E-state index contributed by atoms with van der Waals surface area (Å²) in [7, 11) is -0.270. The summed E-state index contributed by atoms with van der Waals surface area (Å²) in [5.41, 5.74) is 1.13. The van der Waals surface area contributed by atoms with Crippen LogP contribution < -0.4 is 14.4 Å². The molecule has 0 aliphatic carbocycles. The van der Waals surface area contributed by atoms with E-state index in [9.17, 15) is 17.6 Å². The van der Waals surface area contributed by atoms with E-state index in [1.165, 1.54) is 50.2 Å². The third-order valence-electron chi connectivity index (χ3n) is 5.27. The first kappa shape index (κ1) is 22.9. The molecule has 2 aromatic rings. The third-order valence-corrected chi connectivity index (χ3v) is 8.77. The second-order valence-electron chi connectivity index (χ2n) is 7.42. The van der Waals surface area contributed by atoms with Gasteiger partial charge in [0.05, 0.1) is 48.9 Å². The van der Waals surface area contributed by atoms with Gasteiger partial charge in [-0.2, -0.15) is 4.99 Å². The maximum absolute atomic E-state index is 13.1. The minimum Gasteiger partial charge on any atom is -0.495 e. The number of methoxy groups -OCH3 is 2. The van der Waals surface area contributed by atoms with Crippen molar-refractivity contribution < 1.29 is 27.1 Å². The minimum absolute atomic E-state index is 0.00376. The summed E-state index contributed by atoms with van der Waals surface area (Å²) >= 11 is 7.59. The van der Waals surface area contributed by atoms with Crippen LogP contribution in [0.15, 0.2) is 41.4 Å². The van der Waals surface area contributed by atoms with Crippen molar-refractivity contribution in [3.05, 3.63) is 52.8 Å². The lowest BCUT2D eigenvalue weighted by Gasteiger charge is -2.26. The number of hydrogen-bond donors (Lipinski definition) is 0. The zero-order valence-electron chi connectivity index (χ0n) is 17.2. The maximum Gasteiger partial charge on any atom is 0.252 e. The summed E-state index contributed by atoms with van der Waals surface area (Å²) in [6.07, 6.45) is -0.00762. The number of anilines is 1. The van der Waals surface area contributed by atoms with E-state index >= 15 is 0 Å². The van der Waals surface area contributed by atoms with Crippen molar-refractivity contribution in [3.8, 4) is 11.5 Å². The van der Waals surface area contributed by atoms with Crippen molar-refractivity contribution in [2.24, 2.45) is 4.99 Å². The lowest BCUT2D eigenvalue weighted by Crippen LogP contribution is -2.38. The molecule has 11 heteroatoms. The highest BCUT2D eigenvalue weighted by Crippen LogP contribution is 2.46. The number of sulfone groups is 1. The lowest BCUT2D eigenvalue weighted by molar-refractivity contribution is -0.117. The molecule has 0 spiro atoms. The van der Waals surface area contributed by atoms with Gasteiger partial charge in [-0.1, -0.05) is 35.5 Å². The van der Waals surface area contributed by atoms with Crippen molar-refractivity contribution in [3.63, 3.8) is 0 Å². The number of rotatable bonds is 5. The number of nitrogens with zero attached hydrogens (tertiary/aromatic N) is 2. The molecular weight excluding hydrogens is 479 g/mol. The highest BCUT2D eigenvalue weighted by molar-refractivity contribution is 8.16. The molecule has 2 heterocycles. The number of halogens is 2. The van der Waals surface area contributed by atoms with Gasteiger partial charge in [0.15, 0.2) is 15.0 Å². The van der Waals surface area contributed by atoms with Crippen LogP contribution in [0, 0.1) is 5.82 Å². The van der Waals surface area contributed by atoms with Gasteiger partial charge in [-0.05, 0) is 23.8 Å². The Morgan fingerprint density at radius 1 is 1.19 bits per heavy atom. The Balaban J connectivity index is 1.72. The van der Waals surface area contributed by atoms with Crippen LogP contribution in [0.2, 0.25) is 5.02 Å². The summed E-state index contributed by atoms with van der Waals surface area (Å²) in [6, 6.07) is 8.43. The number of thioether (sulfide) groups is 1. The van der Waals surface area contributed by atoms with Gasteiger partial charge in [-0.25, -0.2) is 12.8 Å². The number of benzene rings is 2. The molecule has 0 aromatic heterocycles. The molecule has 7 nitrogen and oxygen atoms in total. The molecule has 4 rings (SSSR count). The Kier molecular flexibility index (Phi) is 6.37. The number of aliphatic imine (C=N–C) groups is 1. The molecule has 0 N–H and O–H groups in total. The van der Waals surface area contributed by atoms with E-state index in [1.807, 2.05) is 0 Å². The number of ether oxygens (including phenoxy) is 2. The summed E-state index contributed by atoms with van der Waals surface area (Å²) in [5, 5.41) is 0.416. The number of carbonyl (C=O) groups excluding carboxylic acids is 1. The van der Waals surface area contributed by atoms with Crippen molar-refractivity contribution in [2.75, 3.05) is 30.6 Å². The largest absolute Gasteiger partial charge is 0.495 e. The van der Waals surface area contributed by atoms with Crippen LogP contribution in [-0.2, 0) is 21.1 Å². The fourth-order valence-corrected chi connectivity index (χ4v) is 7.96. The van der Waals surface area contributed by atoms with Gasteiger partial charge in [0, 0.05) is 11.3 Å². The van der Waals surface area contributed by atoms with Crippen LogP contribution in [0.4, 0.5) is 10.1 Å². The van der Waals surface area contributed by atoms with E-state index in [4.69, 9.17) is 21.1 Å². The lowest BCUT2D eigenvalue weighted by atomic mass is 10.1. The monoisotopic (exact) mass is 498 g/mol. The van der Waals surface area contributed by atoms with Gasteiger partial charge < -0.3 is 14.4 Å². The number of hydrogen-bond acceptors (Lipinski definition) is 6. The zero-order valence-corrected chi connectivity index (χ0v) is 19.6. The normalized spacial score (nSPS) is 22.8. The Bertz CT molecular complexity index is 1190. The van der Waals surface area contributed by atoms with Crippen molar-refractivity contribution in [1.82, 2.24) is 0 Å². The van der Waals surface area contributed by atoms with E-state index in [0.717, 1.165) is 0 Å². The summed E-state index contributed by atoms with van der Waals surface area (Å²) in [6.45, 7) is 0. The molecule has 2 atom stereocenters. The van der Waals surface area contributed by atoms with Gasteiger partial charge >= 0.3 is 0 Å². The molecule has 2 aliphatic heterocycles. The zero-order chi connectivity index (χ0) is 23.0. The first-order valence-corrected chi connectivity index (χ1v) is 12.7. The number of amides is 1. The standard InChI is InChI=1S/C21H20ClFN2O5S2/c1-29-17-9-18(30-2)15(8-14(17)22)25-16-10-32(27,28)11-19(16)31-21(25)24-20(26)7-12-3-5-13(23)6-4-12/h3-6,8-9,16,19H,7,10-11H2,1-2H3. The molecule has 32 heavy (non-hydrogen) atoms. The van der Waals surface area contributed by atoms with Gasteiger partial charge in [0.2, 0.25) is 0 Å². The minimum atomic E-state index is -3.23. The molecule has 170 valence electrons. The van der Waals surface area contributed by atoms with Gasteiger partial charge in [0.25, 0.3) is 5.91 Å². The van der Waals surface area contributed by atoms with E-state index < -0.39 is 21.8 Å². The molecule has 2 fully saturated rings. The van der Waals surface area contributed by atoms with Crippen LogP contribution in [0.5, 0.6) is 11.5 Å². The molecular formula is C21H20ClFN2O5S2. The summed E-state index contributed by atoms with van der Waals surface area (Å²) in [4.78, 5) is 18.7. The van der Waals surface area contributed by atoms with Crippen LogP contribution in [-0.4, -0.2) is 56.5 Å².